The summed E-state index contributed by atoms with van der Waals surface area (Å²) in [5.41, 5.74) is 0.0427. The normalized spacial score (nSPS) is 29.1. The van der Waals surface area contributed by atoms with Crippen molar-refractivity contribution < 1.29 is 9.47 Å². The van der Waals surface area contributed by atoms with Gasteiger partial charge >= 0.3 is 0 Å². The quantitative estimate of drug-likeness (QED) is 0.592. The lowest BCUT2D eigenvalue weighted by Crippen LogP contribution is -2.33. The van der Waals surface area contributed by atoms with Crippen LogP contribution in [0.1, 0.15) is 26.7 Å². The van der Waals surface area contributed by atoms with Crippen LogP contribution in [0, 0.1) is 5.92 Å². The van der Waals surface area contributed by atoms with Gasteiger partial charge in [-0.25, -0.2) is 0 Å². The smallest absolute Gasteiger partial charge is 0.0787 e. The topological polar surface area (TPSA) is 18.5 Å². The Kier molecular flexibility index (Phi) is 3.15. The van der Waals surface area contributed by atoms with Gasteiger partial charge in [-0.15, -0.1) is 0 Å². The lowest BCUT2D eigenvalue weighted by molar-refractivity contribution is -0.0647. The van der Waals surface area contributed by atoms with Crippen molar-refractivity contribution in [3.63, 3.8) is 0 Å². The summed E-state index contributed by atoms with van der Waals surface area (Å²) in [6.07, 6.45) is 6.10. The fourth-order valence-electron chi connectivity index (χ4n) is 1.63. The molecule has 1 fully saturated rings. The van der Waals surface area contributed by atoms with Crippen molar-refractivity contribution in [2.75, 3.05) is 13.7 Å². The Morgan fingerprint density at radius 3 is 2.83 bits per heavy atom. The van der Waals surface area contributed by atoms with Crippen molar-refractivity contribution in [1.29, 1.82) is 0 Å². The monoisotopic (exact) mass is 170 g/mol. The average molecular weight is 170 g/mol. The van der Waals surface area contributed by atoms with Gasteiger partial charge in [0.05, 0.1) is 19.0 Å². The summed E-state index contributed by atoms with van der Waals surface area (Å²) in [6.45, 7) is 5.14. The van der Waals surface area contributed by atoms with Gasteiger partial charge in [0.2, 0.25) is 0 Å². The van der Waals surface area contributed by atoms with Gasteiger partial charge in [-0.05, 0) is 38.7 Å². The SMILES string of the molecule is COC=CC1CCOC(C)(C)C1. The summed E-state index contributed by atoms with van der Waals surface area (Å²) in [6, 6.07) is 0. The molecule has 1 atom stereocenters. The van der Waals surface area contributed by atoms with E-state index in [0.29, 0.717) is 5.92 Å². The van der Waals surface area contributed by atoms with Crippen LogP contribution in [0.15, 0.2) is 12.3 Å². The molecule has 0 N–H and O–H groups in total. The minimum atomic E-state index is 0.0427. The Hall–Kier alpha value is -0.500. The summed E-state index contributed by atoms with van der Waals surface area (Å²) in [4.78, 5) is 0. The Balaban J connectivity index is 2.41. The summed E-state index contributed by atoms with van der Waals surface area (Å²) < 4.78 is 10.5. The van der Waals surface area contributed by atoms with E-state index in [4.69, 9.17) is 9.47 Å². The van der Waals surface area contributed by atoms with E-state index in [2.05, 4.69) is 19.9 Å². The molecule has 1 rings (SSSR count). The fraction of sp³-hybridized carbons (Fsp3) is 0.800. The van der Waals surface area contributed by atoms with E-state index in [1.54, 1.807) is 13.4 Å². The first-order valence-electron chi connectivity index (χ1n) is 4.47. The Morgan fingerprint density at radius 2 is 2.25 bits per heavy atom. The van der Waals surface area contributed by atoms with Crippen LogP contribution in [0.2, 0.25) is 0 Å². The molecule has 0 radical (unpaired) electrons. The van der Waals surface area contributed by atoms with Crippen LogP contribution in [-0.2, 0) is 9.47 Å². The maximum atomic E-state index is 5.60. The maximum Gasteiger partial charge on any atom is 0.0787 e. The molecule has 1 unspecified atom stereocenters. The molecule has 12 heavy (non-hydrogen) atoms. The standard InChI is InChI=1S/C10H18O2/c1-10(2)8-9(4-6-11-3)5-7-12-10/h4,6,9H,5,7-8H2,1-3H3. The van der Waals surface area contributed by atoms with Crippen molar-refractivity contribution in [2.24, 2.45) is 5.92 Å². The first kappa shape index (κ1) is 9.59. The first-order chi connectivity index (χ1) is 5.64. The molecular weight excluding hydrogens is 152 g/mol. The second kappa shape index (κ2) is 3.94. The molecule has 2 heteroatoms. The lowest BCUT2D eigenvalue weighted by atomic mass is 9.88. The molecule has 0 bridgehead atoms. The van der Waals surface area contributed by atoms with E-state index in [1.165, 1.54) is 0 Å². The molecule has 0 aromatic heterocycles. The van der Waals surface area contributed by atoms with Gasteiger partial charge in [0.25, 0.3) is 0 Å². The van der Waals surface area contributed by atoms with Gasteiger partial charge in [-0.1, -0.05) is 0 Å². The van der Waals surface area contributed by atoms with Gasteiger partial charge in [0, 0.05) is 6.61 Å². The van der Waals surface area contributed by atoms with E-state index in [-0.39, 0.29) is 5.60 Å². The van der Waals surface area contributed by atoms with Crippen LogP contribution in [0.5, 0.6) is 0 Å². The molecule has 0 saturated carbocycles. The molecule has 0 aromatic rings. The Morgan fingerprint density at radius 1 is 1.50 bits per heavy atom. The first-order valence-corrected chi connectivity index (χ1v) is 4.47. The molecule has 0 spiro atoms. The van der Waals surface area contributed by atoms with Gasteiger partial charge in [0.1, 0.15) is 0 Å². The van der Waals surface area contributed by atoms with Gasteiger partial charge in [0.15, 0.2) is 0 Å². The molecule has 1 aliphatic rings. The Bertz CT molecular complexity index is 161. The van der Waals surface area contributed by atoms with Crippen LogP contribution >= 0.6 is 0 Å². The highest BCUT2D eigenvalue weighted by molar-refractivity contribution is 4.90. The van der Waals surface area contributed by atoms with E-state index < -0.39 is 0 Å². The van der Waals surface area contributed by atoms with Crippen molar-refractivity contribution in [3.8, 4) is 0 Å². The molecule has 0 aromatic carbocycles. The van der Waals surface area contributed by atoms with Crippen LogP contribution in [0.25, 0.3) is 0 Å². The van der Waals surface area contributed by atoms with E-state index in [1.807, 2.05) is 0 Å². The van der Waals surface area contributed by atoms with Gasteiger partial charge in [-0.3, -0.25) is 0 Å². The van der Waals surface area contributed by atoms with E-state index in [9.17, 15) is 0 Å². The second-order valence-corrected chi connectivity index (χ2v) is 3.93. The van der Waals surface area contributed by atoms with Gasteiger partial charge < -0.3 is 9.47 Å². The molecule has 0 aliphatic carbocycles. The van der Waals surface area contributed by atoms with Crippen LogP contribution in [0.3, 0.4) is 0 Å². The van der Waals surface area contributed by atoms with E-state index >= 15 is 0 Å². The van der Waals surface area contributed by atoms with Crippen molar-refractivity contribution in [3.05, 3.63) is 12.3 Å². The third-order valence-electron chi connectivity index (χ3n) is 2.22. The maximum absolute atomic E-state index is 5.60. The second-order valence-electron chi connectivity index (χ2n) is 3.93. The number of hydrogen-bond acceptors (Lipinski definition) is 2. The molecular formula is C10H18O2. The van der Waals surface area contributed by atoms with Crippen LogP contribution < -0.4 is 0 Å². The Labute approximate surface area is 74.6 Å². The number of methoxy groups -OCH3 is 1. The van der Waals surface area contributed by atoms with Crippen molar-refractivity contribution in [2.45, 2.75) is 32.3 Å². The number of rotatable bonds is 2. The number of allylic oxidation sites excluding steroid dienone is 1. The fourth-order valence-corrected chi connectivity index (χ4v) is 1.63. The zero-order chi connectivity index (χ0) is 9.03. The third-order valence-corrected chi connectivity index (χ3v) is 2.22. The zero-order valence-corrected chi connectivity index (χ0v) is 8.17. The van der Waals surface area contributed by atoms with Gasteiger partial charge in [-0.2, -0.15) is 0 Å². The summed E-state index contributed by atoms with van der Waals surface area (Å²) in [5, 5.41) is 0. The van der Waals surface area contributed by atoms with Crippen LogP contribution in [-0.4, -0.2) is 19.3 Å². The lowest BCUT2D eigenvalue weighted by Gasteiger charge is -2.34. The minimum absolute atomic E-state index is 0.0427. The highest BCUT2D eigenvalue weighted by atomic mass is 16.5. The summed E-state index contributed by atoms with van der Waals surface area (Å²) in [5.74, 6) is 0.619. The largest absolute Gasteiger partial charge is 0.505 e. The number of hydrogen-bond donors (Lipinski definition) is 0. The molecule has 70 valence electrons. The molecule has 2 nitrogen and oxygen atoms in total. The zero-order valence-electron chi connectivity index (χ0n) is 8.17. The minimum Gasteiger partial charge on any atom is -0.505 e. The van der Waals surface area contributed by atoms with Crippen molar-refractivity contribution >= 4 is 0 Å². The molecule has 1 aliphatic heterocycles. The van der Waals surface area contributed by atoms with Crippen LogP contribution in [0.4, 0.5) is 0 Å². The molecule has 1 saturated heterocycles. The summed E-state index contributed by atoms with van der Waals surface area (Å²) >= 11 is 0. The number of ether oxygens (including phenoxy) is 2. The third kappa shape index (κ3) is 2.86. The van der Waals surface area contributed by atoms with Crippen molar-refractivity contribution in [1.82, 2.24) is 0 Å². The highest BCUT2D eigenvalue weighted by Crippen LogP contribution is 2.29. The molecule has 1 heterocycles. The highest BCUT2D eigenvalue weighted by Gasteiger charge is 2.27. The predicted molar refractivity (Wildman–Crippen MR) is 48.9 cm³/mol. The molecule has 0 amide bonds. The van der Waals surface area contributed by atoms with E-state index in [0.717, 1.165) is 19.4 Å². The predicted octanol–water partition coefficient (Wildman–Crippen LogP) is 2.35. The summed E-state index contributed by atoms with van der Waals surface area (Å²) in [7, 11) is 1.68. The average Bonchev–Trinajstić information content (AvgIpc) is 1.99.